The number of halogens is 3. The molecule has 0 atom stereocenters. The lowest BCUT2D eigenvalue weighted by Crippen LogP contribution is -2.00. The van der Waals surface area contributed by atoms with Crippen molar-refractivity contribution in [3.8, 4) is 0 Å². The molecule has 0 saturated heterocycles. The fraction of sp³-hybridized carbons (Fsp3) is 0.250. The smallest absolute Gasteiger partial charge is 0.160 e. The van der Waals surface area contributed by atoms with Gasteiger partial charge < -0.3 is 5.32 Å². The monoisotopic (exact) mass is 309 g/mol. The van der Waals surface area contributed by atoms with Gasteiger partial charge in [-0.15, -0.1) is 0 Å². The zero-order chi connectivity index (χ0) is 14.1. The van der Waals surface area contributed by atoms with Gasteiger partial charge in [-0.3, -0.25) is 0 Å². The van der Waals surface area contributed by atoms with Gasteiger partial charge in [-0.2, -0.15) is 0 Å². The molecule has 104 valence electrons. The van der Waals surface area contributed by atoms with Gasteiger partial charge in [0.15, 0.2) is 5.82 Å². The van der Waals surface area contributed by atoms with E-state index in [9.17, 15) is 4.39 Å². The average molecular weight is 310 g/mol. The lowest BCUT2D eigenvalue weighted by atomic mass is 10.1. The van der Waals surface area contributed by atoms with Crippen molar-refractivity contribution in [2.24, 2.45) is 0 Å². The molecule has 3 rings (SSSR count). The zero-order valence-electron chi connectivity index (χ0n) is 10.8. The molecule has 2 aromatic carbocycles. The van der Waals surface area contributed by atoms with Crippen LogP contribution < -0.4 is 5.32 Å². The maximum atomic E-state index is 13.3. The van der Waals surface area contributed by atoms with Crippen molar-refractivity contribution in [1.29, 1.82) is 0 Å². The molecule has 1 N–H and O–H groups in total. The predicted molar refractivity (Wildman–Crippen MR) is 82.2 cm³/mol. The first-order valence-corrected chi connectivity index (χ1v) is 7.36. The van der Waals surface area contributed by atoms with E-state index in [4.69, 9.17) is 23.2 Å². The van der Waals surface area contributed by atoms with Gasteiger partial charge in [0.05, 0.1) is 10.0 Å². The van der Waals surface area contributed by atoms with Gasteiger partial charge in [-0.25, -0.2) is 4.39 Å². The van der Waals surface area contributed by atoms with E-state index in [1.807, 2.05) is 0 Å². The standard InChI is InChI=1S/C16H14Cl2FN/c17-14-7-13(8-15(18)16(14)19)20-9-10-2-1-3-12(6-10)11-4-5-11/h1-3,6-8,11,20H,4-5,9H2. The Bertz CT molecular complexity index is 615. The van der Waals surface area contributed by atoms with E-state index in [0.717, 1.165) is 11.6 Å². The highest BCUT2D eigenvalue weighted by molar-refractivity contribution is 6.35. The normalized spacial score (nSPS) is 14.3. The molecular weight excluding hydrogens is 296 g/mol. The van der Waals surface area contributed by atoms with Crippen LogP contribution in [0.5, 0.6) is 0 Å². The first-order valence-electron chi connectivity index (χ1n) is 6.61. The molecule has 1 fully saturated rings. The molecule has 0 radical (unpaired) electrons. The maximum absolute atomic E-state index is 13.3. The Hall–Kier alpha value is -1.25. The Morgan fingerprint density at radius 2 is 1.80 bits per heavy atom. The molecule has 0 spiro atoms. The van der Waals surface area contributed by atoms with Crippen LogP contribution in [0.4, 0.5) is 10.1 Å². The van der Waals surface area contributed by atoms with Gasteiger partial charge in [0, 0.05) is 12.2 Å². The van der Waals surface area contributed by atoms with Crippen LogP contribution in [0.1, 0.15) is 29.9 Å². The van der Waals surface area contributed by atoms with Crippen LogP contribution in [0.2, 0.25) is 10.0 Å². The number of nitrogens with one attached hydrogen (secondary N) is 1. The topological polar surface area (TPSA) is 12.0 Å². The summed E-state index contributed by atoms with van der Waals surface area (Å²) in [4.78, 5) is 0. The Morgan fingerprint density at radius 3 is 2.45 bits per heavy atom. The minimum Gasteiger partial charge on any atom is -0.381 e. The summed E-state index contributed by atoms with van der Waals surface area (Å²) in [6, 6.07) is 11.6. The molecule has 1 nitrogen and oxygen atoms in total. The van der Waals surface area contributed by atoms with Crippen LogP contribution >= 0.6 is 23.2 Å². The molecule has 0 bridgehead atoms. The van der Waals surface area contributed by atoms with Crippen molar-refractivity contribution in [1.82, 2.24) is 0 Å². The van der Waals surface area contributed by atoms with E-state index >= 15 is 0 Å². The number of benzene rings is 2. The van der Waals surface area contributed by atoms with Crippen molar-refractivity contribution in [2.75, 3.05) is 5.32 Å². The van der Waals surface area contributed by atoms with E-state index in [0.29, 0.717) is 6.54 Å². The first kappa shape index (κ1) is 13.7. The molecule has 0 heterocycles. The van der Waals surface area contributed by atoms with Crippen LogP contribution in [0.15, 0.2) is 36.4 Å². The summed E-state index contributed by atoms with van der Waals surface area (Å²) in [5.74, 6) is 0.166. The lowest BCUT2D eigenvalue weighted by Gasteiger charge is -2.09. The third-order valence-electron chi connectivity index (χ3n) is 3.48. The predicted octanol–water partition coefficient (Wildman–Crippen LogP) is 5.62. The fourth-order valence-electron chi connectivity index (χ4n) is 2.24. The second-order valence-electron chi connectivity index (χ2n) is 5.13. The Morgan fingerprint density at radius 1 is 1.10 bits per heavy atom. The third kappa shape index (κ3) is 3.08. The molecule has 0 aromatic heterocycles. The SMILES string of the molecule is Fc1c(Cl)cc(NCc2cccc(C3CC3)c2)cc1Cl. The number of hydrogen-bond acceptors (Lipinski definition) is 1. The summed E-state index contributed by atoms with van der Waals surface area (Å²) in [7, 11) is 0. The van der Waals surface area contributed by atoms with Gasteiger partial charge in [0.1, 0.15) is 0 Å². The average Bonchev–Trinajstić information content (AvgIpc) is 3.27. The summed E-state index contributed by atoms with van der Waals surface area (Å²) < 4.78 is 13.3. The van der Waals surface area contributed by atoms with E-state index in [-0.39, 0.29) is 10.0 Å². The fourth-order valence-corrected chi connectivity index (χ4v) is 2.72. The molecule has 4 heteroatoms. The summed E-state index contributed by atoms with van der Waals surface area (Å²) in [5.41, 5.74) is 3.32. The number of anilines is 1. The van der Waals surface area contributed by atoms with Gasteiger partial charge >= 0.3 is 0 Å². The largest absolute Gasteiger partial charge is 0.381 e. The summed E-state index contributed by atoms with van der Waals surface area (Å²) in [6.07, 6.45) is 2.58. The summed E-state index contributed by atoms with van der Waals surface area (Å²) in [6.45, 7) is 0.666. The van der Waals surface area contributed by atoms with Gasteiger partial charge in [-0.1, -0.05) is 47.5 Å². The maximum Gasteiger partial charge on any atom is 0.160 e. The molecule has 1 aliphatic carbocycles. The molecule has 1 saturated carbocycles. The van der Waals surface area contributed by atoms with Crippen LogP contribution in [0.25, 0.3) is 0 Å². The van der Waals surface area contributed by atoms with Crippen molar-refractivity contribution in [3.63, 3.8) is 0 Å². The molecule has 0 unspecified atom stereocenters. The Kier molecular flexibility index (Phi) is 3.86. The molecule has 0 amide bonds. The van der Waals surface area contributed by atoms with Crippen LogP contribution in [-0.4, -0.2) is 0 Å². The first-order chi connectivity index (χ1) is 9.63. The van der Waals surface area contributed by atoms with Crippen LogP contribution in [0, 0.1) is 5.82 Å². The summed E-state index contributed by atoms with van der Waals surface area (Å²) in [5, 5.41) is 3.29. The highest BCUT2D eigenvalue weighted by Gasteiger charge is 2.23. The highest BCUT2D eigenvalue weighted by Crippen LogP contribution is 2.40. The second kappa shape index (κ2) is 5.63. The second-order valence-corrected chi connectivity index (χ2v) is 5.94. The van der Waals surface area contributed by atoms with Gasteiger partial charge in [0.25, 0.3) is 0 Å². The van der Waals surface area contributed by atoms with Crippen molar-refractivity contribution in [3.05, 3.63) is 63.4 Å². The molecule has 0 aliphatic heterocycles. The minimum atomic E-state index is -0.574. The van der Waals surface area contributed by atoms with E-state index in [2.05, 4.69) is 29.6 Å². The molecular formula is C16H14Cl2FN. The third-order valence-corrected chi connectivity index (χ3v) is 4.03. The lowest BCUT2D eigenvalue weighted by molar-refractivity contribution is 0.629. The minimum absolute atomic E-state index is 0.0340. The van der Waals surface area contributed by atoms with Crippen LogP contribution in [0.3, 0.4) is 0 Å². The van der Waals surface area contributed by atoms with E-state index < -0.39 is 5.82 Å². The quantitative estimate of drug-likeness (QED) is 0.722. The van der Waals surface area contributed by atoms with Crippen molar-refractivity contribution >= 4 is 28.9 Å². The highest BCUT2D eigenvalue weighted by atomic mass is 35.5. The Balaban J connectivity index is 1.71. The molecule has 2 aromatic rings. The molecule has 20 heavy (non-hydrogen) atoms. The van der Waals surface area contributed by atoms with Crippen LogP contribution in [-0.2, 0) is 6.54 Å². The molecule has 1 aliphatic rings. The van der Waals surface area contributed by atoms with Gasteiger partial charge in [0.2, 0.25) is 0 Å². The zero-order valence-corrected chi connectivity index (χ0v) is 12.3. The summed E-state index contributed by atoms with van der Waals surface area (Å²) >= 11 is 11.6. The van der Waals surface area contributed by atoms with E-state index in [1.165, 1.54) is 24.0 Å². The van der Waals surface area contributed by atoms with Crippen molar-refractivity contribution in [2.45, 2.75) is 25.3 Å². The number of rotatable bonds is 4. The Labute approximate surface area is 127 Å². The van der Waals surface area contributed by atoms with Gasteiger partial charge in [-0.05, 0) is 42.0 Å². The number of hydrogen-bond donors (Lipinski definition) is 1. The van der Waals surface area contributed by atoms with E-state index in [1.54, 1.807) is 12.1 Å². The van der Waals surface area contributed by atoms with Crippen molar-refractivity contribution < 1.29 is 4.39 Å².